The number of pyridine rings is 1. The first-order valence-corrected chi connectivity index (χ1v) is 6.07. The van der Waals surface area contributed by atoms with Gasteiger partial charge in [-0.05, 0) is 32.2 Å². The molecule has 5 heteroatoms. The topological polar surface area (TPSA) is 59.3 Å². The molecule has 0 spiro atoms. The van der Waals surface area contributed by atoms with Gasteiger partial charge in [0, 0.05) is 11.7 Å². The number of carbonyl (C=O) groups is 1. The normalized spacial score (nSPS) is 11.9. The van der Waals surface area contributed by atoms with E-state index in [-0.39, 0.29) is 11.1 Å². The van der Waals surface area contributed by atoms with Crippen molar-refractivity contribution in [2.24, 2.45) is 0 Å². The van der Waals surface area contributed by atoms with E-state index in [0.717, 1.165) is 4.83 Å². The van der Waals surface area contributed by atoms with E-state index in [1.807, 2.05) is 25.3 Å². The number of aromatic nitrogens is 1. The highest BCUT2D eigenvalue weighted by atomic mass is 32.1. The number of rotatable bonds is 1. The summed E-state index contributed by atoms with van der Waals surface area (Å²) in [6, 6.07) is 1.68. The number of hydrogen-bond acceptors (Lipinski definition) is 3. The minimum Gasteiger partial charge on any atom is -0.477 e. The number of thiophene rings is 1. The molecule has 1 N–H and O–H groups in total. The first kappa shape index (κ1) is 11.9. The van der Waals surface area contributed by atoms with Crippen LogP contribution in [-0.4, -0.2) is 15.6 Å². The third-order valence-corrected chi connectivity index (χ3v) is 3.48. The zero-order valence-electron chi connectivity index (χ0n) is 9.85. The van der Waals surface area contributed by atoms with Gasteiger partial charge in [-0.2, -0.15) is 0 Å². The number of aromatic carboxylic acids is 1. The highest BCUT2D eigenvalue weighted by Gasteiger charge is 2.21. The predicted molar refractivity (Wildman–Crippen MR) is 68.0 cm³/mol. The van der Waals surface area contributed by atoms with Crippen LogP contribution in [0.2, 0.25) is 0 Å². The fourth-order valence-electron chi connectivity index (χ4n) is 1.70. The molecule has 4 nitrogen and oxygen atoms in total. The summed E-state index contributed by atoms with van der Waals surface area (Å²) in [5.74, 6) is -1.18. The maximum absolute atomic E-state index is 11.9. The Morgan fingerprint density at radius 1 is 1.41 bits per heavy atom. The Kier molecular flexibility index (Phi) is 2.58. The molecule has 0 saturated heterocycles. The SMILES string of the molecule is CC(C)(C)n1cc(C(=O)O)c(=O)c2ccsc21. The third kappa shape index (κ3) is 1.86. The number of carboxylic acid groups (broad SMARTS) is 1. The van der Waals surface area contributed by atoms with Gasteiger partial charge in [0.15, 0.2) is 0 Å². The molecule has 0 unspecified atom stereocenters. The van der Waals surface area contributed by atoms with Crippen molar-refractivity contribution in [3.63, 3.8) is 0 Å². The monoisotopic (exact) mass is 251 g/mol. The number of carboxylic acids is 1. The van der Waals surface area contributed by atoms with Crippen LogP contribution < -0.4 is 5.43 Å². The summed E-state index contributed by atoms with van der Waals surface area (Å²) in [5.41, 5.74) is -0.846. The maximum atomic E-state index is 11.9. The van der Waals surface area contributed by atoms with E-state index in [9.17, 15) is 9.59 Å². The fraction of sp³-hybridized carbons (Fsp3) is 0.333. The van der Waals surface area contributed by atoms with Gasteiger partial charge < -0.3 is 9.67 Å². The molecule has 0 aliphatic heterocycles. The average Bonchev–Trinajstić information content (AvgIpc) is 2.64. The zero-order valence-corrected chi connectivity index (χ0v) is 10.7. The van der Waals surface area contributed by atoms with Crippen molar-refractivity contribution < 1.29 is 9.90 Å². The Morgan fingerprint density at radius 3 is 2.59 bits per heavy atom. The van der Waals surface area contributed by atoms with Gasteiger partial charge in [0.05, 0.1) is 5.39 Å². The van der Waals surface area contributed by atoms with Crippen molar-refractivity contribution in [3.05, 3.63) is 33.4 Å². The van der Waals surface area contributed by atoms with Crippen LogP contribution in [0, 0.1) is 0 Å². The molecule has 0 radical (unpaired) electrons. The van der Waals surface area contributed by atoms with Crippen molar-refractivity contribution in [1.82, 2.24) is 4.57 Å². The minimum absolute atomic E-state index is 0.175. The molecule has 0 atom stereocenters. The molecule has 2 aromatic heterocycles. The quantitative estimate of drug-likeness (QED) is 0.847. The summed E-state index contributed by atoms with van der Waals surface area (Å²) in [6.07, 6.45) is 1.43. The van der Waals surface area contributed by atoms with E-state index in [2.05, 4.69) is 0 Å². The van der Waals surface area contributed by atoms with E-state index < -0.39 is 11.4 Å². The molecular weight excluding hydrogens is 238 g/mol. The molecule has 2 rings (SSSR count). The summed E-state index contributed by atoms with van der Waals surface area (Å²) in [4.78, 5) is 23.8. The molecule has 0 aliphatic carbocycles. The zero-order chi connectivity index (χ0) is 12.8. The van der Waals surface area contributed by atoms with Crippen molar-refractivity contribution in [1.29, 1.82) is 0 Å². The molecule has 0 amide bonds. The maximum Gasteiger partial charge on any atom is 0.341 e. The predicted octanol–water partition coefficient (Wildman–Crippen LogP) is 2.52. The van der Waals surface area contributed by atoms with E-state index in [4.69, 9.17) is 5.11 Å². The first-order chi connectivity index (χ1) is 7.82. The van der Waals surface area contributed by atoms with Crippen molar-refractivity contribution in [2.45, 2.75) is 26.3 Å². The van der Waals surface area contributed by atoms with E-state index in [1.165, 1.54) is 17.5 Å². The van der Waals surface area contributed by atoms with Gasteiger partial charge in [-0.3, -0.25) is 4.79 Å². The average molecular weight is 251 g/mol. The van der Waals surface area contributed by atoms with Crippen LogP contribution in [-0.2, 0) is 5.54 Å². The van der Waals surface area contributed by atoms with E-state index in [1.54, 1.807) is 11.4 Å². The molecule has 2 aromatic rings. The summed E-state index contributed by atoms with van der Waals surface area (Å²) in [7, 11) is 0. The van der Waals surface area contributed by atoms with E-state index in [0.29, 0.717) is 5.39 Å². The Labute approximate surface area is 102 Å². The Hall–Kier alpha value is -1.62. The molecular formula is C12H13NO3S. The van der Waals surface area contributed by atoms with Gasteiger partial charge in [0.1, 0.15) is 10.4 Å². The summed E-state index contributed by atoms with van der Waals surface area (Å²) in [5, 5.41) is 11.3. The van der Waals surface area contributed by atoms with Crippen LogP contribution in [0.3, 0.4) is 0 Å². The van der Waals surface area contributed by atoms with Gasteiger partial charge >= 0.3 is 5.97 Å². The fourth-order valence-corrected chi connectivity index (χ4v) is 2.76. The van der Waals surface area contributed by atoms with Gasteiger partial charge in [0.2, 0.25) is 5.43 Å². The van der Waals surface area contributed by atoms with Gasteiger partial charge in [0.25, 0.3) is 0 Å². The van der Waals surface area contributed by atoms with Crippen molar-refractivity contribution in [3.8, 4) is 0 Å². The third-order valence-electron chi connectivity index (χ3n) is 2.56. The van der Waals surface area contributed by atoms with Gasteiger partial charge in [-0.1, -0.05) is 0 Å². The van der Waals surface area contributed by atoms with Crippen LogP contribution in [0.15, 0.2) is 22.4 Å². The molecule has 0 fully saturated rings. The smallest absolute Gasteiger partial charge is 0.341 e. The molecule has 0 aliphatic rings. The minimum atomic E-state index is -1.18. The number of nitrogens with zero attached hydrogens (tertiary/aromatic N) is 1. The summed E-state index contributed by atoms with van der Waals surface area (Å²) >= 11 is 1.45. The second-order valence-corrected chi connectivity index (χ2v) is 5.75. The largest absolute Gasteiger partial charge is 0.477 e. The Balaban J connectivity index is 2.94. The lowest BCUT2D eigenvalue weighted by Gasteiger charge is -2.24. The Bertz CT molecular complexity index is 646. The number of fused-ring (bicyclic) bond motifs is 1. The van der Waals surface area contributed by atoms with Crippen LogP contribution >= 0.6 is 11.3 Å². The van der Waals surface area contributed by atoms with Gasteiger partial charge in [-0.15, -0.1) is 11.3 Å². The van der Waals surface area contributed by atoms with Crippen molar-refractivity contribution in [2.75, 3.05) is 0 Å². The second-order valence-electron chi connectivity index (χ2n) is 4.86. The van der Waals surface area contributed by atoms with Crippen molar-refractivity contribution >= 4 is 27.5 Å². The Morgan fingerprint density at radius 2 is 2.06 bits per heavy atom. The van der Waals surface area contributed by atoms with Gasteiger partial charge in [-0.25, -0.2) is 4.79 Å². The highest BCUT2D eigenvalue weighted by molar-refractivity contribution is 7.16. The lowest BCUT2D eigenvalue weighted by Crippen LogP contribution is -2.26. The standard InChI is InChI=1S/C12H13NO3S/c1-12(2,3)13-6-8(11(15)16)9(14)7-4-5-17-10(7)13/h4-6H,1-3H3,(H,15,16). The molecule has 0 aromatic carbocycles. The first-order valence-electron chi connectivity index (χ1n) is 5.19. The second kappa shape index (κ2) is 3.70. The van der Waals surface area contributed by atoms with Crippen LogP contribution in [0.1, 0.15) is 31.1 Å². The molecule has 17 heavy (non-hydrogen) atoms. The number of hydrogen-bond donors (Lipinski definition) is 1. The summed E-state index contributed by atoms with van der Waals surface area (Å²) in [6.45, 7) is 5.92. The van der Waals surface area contributed by atoms with Crippen LogP contribution in [0.4, 0.5) is 0 Å². The van der Waals surface area contributed by atoms with E-state index >= 15 is 0 Å². The molecule has 90 valence electrons. The van der Waals surface area contributed by atoms with Crippen LogP contribution in [0.25, 0.3) is 10.2 Å². The summed E-state index contributed by atoms with van der Waals surface area (Å²) < 4.78 is 1.85. The molecule has 2 heterocycles. The highest BCUT2D eigenvalue weighted by Crippen LogP contribution is 2.25. The molecule has 0 saturated carbocycles. The molecule has 0 bridgehead atoms. The van der Waals surface area contributed by atoms with Crippen LogP contribution in [0.5, 0.6) is 0 Å². The lowest BCUT2D eigenvalue weighted by molar-refractivity contribution is 0.0694. The lowest BCUT2D eigenvalue weighted by atomic mass is 10.1.